The van der Waals surface area contributed by atoms with Crippen molar-refractivity contribution >= 4 is 12.4 Å². The van der Waals surface area contributed by atoms with Gasteiger partial charge in [-0.25, -0.2) is 0 Å². The van der Waals surface area contributed by atoms with Crippen LogP contribution in [0, 0.1) is 0 Å². The van der Waals surface area contributed by atoms with Crippen LogP contribution in [0.15, 0.2) is 94.9 Å². The van der Waals surface area contributed by atoms with Gasteiger partial charge in [-0.2, -0.15) is 0 Å². The Morgan fingerprint density at radius 3 is 1.16 bits per heavy atom. The van der Waals surface area contributed by atoms with E-state index in [2.05, 4.69) is 154 Å². The third-order valence-electron chi connectivity index (χ3n) is 13.0. The van der Waals surface area contributed by atoms with Crippen molar-refractivity contribution < 1.29 is 19.2 Å². The molecule has 58 heavy (non-hydrogen) atoms. The first-order valence-electron chi connectivity index (χ1n) is 22.1. The molecule has 1 fully saturated rings. The molecule has 0 unspecified atom stereocenters. The van der Waals surface area contributed by atoms with Gasteiger partial charge in [-0.15, -0.1) is 0 Å². The van der Waals surface area contributed by atoms with Gasteiger partial charge >= 0.3 is 0 Å². The number of phenols is 2. The summed E-state index contributed by atoms with van der Waals surface area (Å²) in [7, 11) is 0. The Morgan fingerprint density at radius 1 is 0.517 bits per heavy atom. The summed E-state index contributed by atoms with van der Waals surface area (Å²) in [5.74, 6) is 0.643. The first-order chi connectivity index (χ1) is 27.5. The molecule has 2 N–H and O–H groups in total. The molecule has 6 nitrogen and oxygen atoms in total. The minimum Gasteiger partial charge on any atom is -0.507 e. The highest BCUT2D eigenvalue weighted by molar-refractivity contribution is 5.86. The van der Waals surface area contributed by atoms with Crippen LogP contribution < -0.4 is 0 Å². The van der Waals surface area contributed by atoms with Crippen LogP contribution in [0.4, 0.5) is 0 Å². The van der Waals surface area contributed by atoms with Crippen molar-refractivity contribution in [2.45, 2.75) is 144 Å². The highest BCUT2D eigenvalue weighted by atomic mass is 16.3. The Labute approximate surface area is 351 Å². The molecule has 0 aromatic heterocycles. The van der Waals surface area contributed by atoms with Crippen molar-refractivity contribution in [1.29, 1.82) is 0 Å². The molecule has 1 aliphatic carbocycles. The fraction of sp³-hybridized carbons (Fsp3) is 0.500. The molecule has 0 aliphatic heterocycles. The van der Waals surface area contributed by atoms with Crippen LogP contribution in [0.2, 0.25) is 0 Å². The Bertz CT molecular complexity index is 1840. The quantitative estimate of drug-likeness (QED) is 0.0877. The summed E-state index contributed by atoms with van der Waals surface area (Å²) in [6.45, 7) is 30.0. The summed E-state index contributed by atoms with van der Waals surface area (Å²) in [5, 5.41) is 23.5. The molecular formula is C52H74N4O2+2. The standard InChI is InChI=1S/C52H72N4O2/c1-11-55(12-2,35-39-23-17-15-18-24-39)37-41-29-43(49(57)45(31-41)51(5,6)7)33-53-47-27-21-22-28-48(47)54-34-44-30-42(32-46(50(44)58)52(8,9)10)38-56(13-3,14-4)36-40-25-19-16-20-26-40/h15-20,23-26,29-34,47-48H,11-14,21-22,27-28,35-38H2,1-10H3/p+2/t47-,48-/m1/s1. The van der Waals surface area contributed by atoms with Gasteiger partial charge in [0.05, 0.1) is 38.3 Å². The maximum atomic E-state index is 11.7. The fourth-order valence-electron chi connectivity index (χ4n) is 8.92. The van der Waals surface area contributed by atoms with Gasteiger partial charge in [0.2, 0.25) is 0 Å². The summed E-state index contributed by atoms with van der Waals surface area (Å²) in [5.41, 5.74) is 8.16. The van der Waals surface area contributed by atoms with Gasteiger partial charge in [-0.3, -0.25) is 9.98 Å². The summed E-state index contributed by atoms with van der Waals surface area (Å²) >= 11 is 0. The SMILES string of the molecule is CC[N+](CC)(Cc1ccccc1)Cc1cc(C=N[C@@H]2CCCC[C@H]2N=Cc2cc(C[N+](CC)(CC)Cc3ccccc3)cc(C(C)(C)C)c2O)c(O)c(C(C)(C)C)c1. The Balaban J connectivity index is 1.46. The van der Waals surface area contributed by atoms with Crippen LogP contribution in [-0.4, -0.2) is 69.9 Å². The molecule has 0 bridgehead atoms. The average molecular weight is 787 g/mol. The lowest BCUT2D eigenvalue weighted by atomic mass is 9.83. The molecule has 1 aliphatic rings. The summed E-state index contributed by atoms with van der Waals surface area (Å²) in [4.78, 5) is 10.4. The molecule has 1 saturated carbocycles. The third kappa shape index (κ3) is 11.3. The Morgan fingerprint density at radius 2 is 0.845 bits per heavy atom. The first kappa shape index (κ1) is 44.8. The van der Waals surface area contributed by atoms with Crippen molar-refractivity contribution in [1.82, 2.24) is 0 Å². The molecule has 0 heterocycles. The third-order valence-corrected chi connectivity index (χ3v) is 13.0. The predicted molar refractivity (Wildman–Crippen MR) is 245 cm³/mol. The van der Waals surface area contributed by atoms with Gasteiger partial charge in [0.1, 0.15) is 37.7 Å². The average Bonchev–Trinajstić information content (AvgIpc) is 3.20. The normalized spacial score (nSPS) is 17.1. The van der Waals surface area contributed by atoms with Crippen molar-refractivity contribution in [3.8, 4) is 11.5 Å². The van der Waals surface area contributed by atoms with E-state index in [1.165, 1.54) is 22.3 Å². The number of phenolic OH excluding ortho intramolecular Hbond substituents is 2. The lowest BCUT2D eigenvalue weighted by Gasteiger charge is -2.37. The van der Waals surface area contributed by atoms with Gasteiger partial charge < -0.3 is 19.2 Å². The van der Waals surface area contributed by atoms with Crippen LogP contribution in [0.25, 0.3) is 0 Å². The van der Waals surface area contributed by atoms with E-state index >= 15 is 0 Å². The van der Waals surface area contributed by atoms with Crippen LogP contribution in [0.1, 0.15) is 139 Å². The zero-order valence-electron chi connectivity index (χ0n) is 37.6. The second kappa shape index (κ2) is 19.2. The monoisotopic (exact) mass is 787 g/mol. The predicted octanol–water partition coefficient (Wildman–Crippen LogP) is 11.7. The molecule has 4 aromatic carbocycles. The lowest BCUT2D eigenvalue weighted by molar-refractivity contribution is -0.950. The minimum absolute atomic E-state index is 0.00633. The summed E-state index contributed by atoms with van der Waals surface area (Å²) < 4.78 is 1.87. The van der Waals surface area contributed by atoms with Crippen LogP contribution in [0.5, 0.6) is 11.5 Å². The molecule has 312 valence electrons. The number of aromatic hydroxyl groups is 2. The number of hydrogen-bond acceptors (Lipinski definition) is 4. The van der Waals surface area contributed by atoms with Gasteiger partial charge in [0.25, 0.3) is 0 Å². The maximum absolute atomic E-state index is 11.7. The summed E-state index contributed by atoms with van der Waals surface area (Å²) in [6, 6.07) is 30.4. The molecule has 5 rings (SSSR count). The Kier molecular flexibility index (Phi) is 14.8. The topological polar surface area (TPSA) is 65.2 Å². The van der Waals surface area contributed by atoms with E-state index in [0.717, 1.165) is 109 Å². The van der Waals surface area contributed by atoms with Crippen molar-refractivity contribution in [2.24, 2.45) is 9.98 Å². The molecular weight excluding hydrogens is 713 g/mol. The van der Waals surface area contributed by atoms with Crippen molar-refractivity contribution in [2.75, 3.05) is 26.2 Å². The van der Waals surface area contributed by atoms with E-state index < -0.39 is 0 Å². The van der Waals surface area contributed by atoms with E-state index in [0.29, 0.717) is 11.5 Å². The molecule has 0 spiro atoms. The first-order valence-corrected chi connectivity index (χ1v) is 22.1. The maximum Gasteiger partial charge on any atom is 0.128 e. The smallest absolute Gasteiger partial charge is 0.128 e. The Hall–Kier alpha value is -4.26. The van der Waals surface area contributed by atoms with Gasteiger partial charge in [0.15, 0.2) is 0 Å². The molecule has 2 atom stereocenters. The van der Waals surface area contributed by atoms with Gasteiger partial charge in [0, 0.05) is 56.9 Å². The fourth-order valence-corrected chi connectivity index (χ4v) is 8.92. The molecule has 0 radical (unpaired) electrons. The van der Waals surface area contributed by atoms with Gasteiger partial charge in [-0.1, -0.05) is 115 Å². The van der Waals surface area contributed by atoms with E-state index in [1.807, 2.05) is 12.4 Å². The van der Waals surface area contributed by atoms with Crippen molar-refractivity contribution in [3.63, 3.8) is 0 Å². The van der Waals surface area contributed by atoms with Crippen LogP contribution in [-0.2, 0) is 37.0 Å². The number of hydrogen-bond donors (Lipinski definition) is 2. The van der Waals surface area contributed by atoms with E-state index in [4.69, 9.17) is 9.98 Å². The van der Waals surface area contributed by atoms with Crippen LogP contribution in [0.3, 0.4) is 0 Å². The number of aliphatic imine (C=N–C) groups is 2. The van der Waals surface area contributed by atoms with Crippen molar-refractivity contribution in [3.05, 3.63) is 129 Å². The highest BCUT2D eigenvalue weighted by Crippen LogP contribution is 2.37. The molecule has 0 saturated heterocycles. The molecule has 6 heteroatoms. The number of nitrogens with zero attached hydrogens (tertiary/aromatic N) is 4. The summed E-state index contributed by atoms with van der Waals surface area (Å²) in [6.07, 6.45) is 7.94. The van der Waals surface area contributed by atoms with E-state index in [-0.39, 0.29) is 22.9 Å². The van der Waals surface area contributed by atoms with E-state index in [9.17, 15) is 10.2 Å². The number of quaternary nitrogens is 2. The number of benzene rings is 4. The van der Waals surface area contributed by atoms with E-state index in [1.54, 1.807) is 0 Å². The van der Waals surface area contributed by atoms with Gasteiger partial charge in [-0.05, 0) is 75.6 Å². The number of rotatable bonds is 16. The highest BCUT2D eigenvalue weighted by Gasteiger charge is 2.30. The van der Waals surface area contributed by atoms with Crippen LogP contribution >= 0.6 is 0 Å². The zero-order chi connectivity index (χ0) is 42.1. The molecule has 0 amide bonds. The molecule has 4 aromatic rings. The zero-order valence-corrected chi connectivity index (χ0v) is 37.6. The second-order valence-electron chi connectivity index (χ2n) is 19.2. The lowest BCUT2D eigenvalue weighted by Crippen LogP contribution is -2.46. The minimum atomic E-state index is -0.231. The second-order valence-corrected chi connectivity index (χ2v) is 19.2. The largest absolute Gasteiger partial charge is 0.507 e.